The van der Waals surface area contributed by atoms with Crippen molar-refractivity contribution < 1.29 is 23.5 Å². The first-order chi connectivity index (χ1) is 21.8. The predicted octanol–water partition coefficient (Wildman–Crippen LogP) is 5.36. The van der Waals surface area contributed by atoms with E-state index in [9.17, 15) is 14.4 Å². The number of ether oxygens (including phenoxy) is 1. The van der Waals surface area contributed by atoms with E-state index in [0.29, 0.717) is 49.4 Å². The molecule has 3 aromatic carbocycles. The summed E-state index contributed by atoms with van der Waals surface area (Å²) in [7, 11) is 5.39. The minimum atomic E-state index is -0.486. The lowest BCUT2D eigenvalue weighted by atomic mass is 9.74. The monoisotopic (exact) mass is 601 g/mol. The SMILES string of the molecule is COC(=O)c1cccc(C(=O)N2CC3(CCN(C(=O)c4ccc(C#Cc5ccccc5)o4)CC3)c3cc(CN(C)C)ccc32)c1. The van der Waals surface area contributed by atoms with Gasteiger partial charge in [0.25, 0.3) is 11.8 Å². The van der Waals surface area contributed by atoms with E-state index in [2.05, 4.69) is 28.9 Å². The Morgan fingerprint density at radius 1 is 0.867 bits per heavy atom. The van der Waals surface area contributed by atoms with Crippen LogP contribution in [0, 0.1) is 11.8 Å². The molecule has 0 unspecified atom stereocenters. The van der Waals surface area contributed by atoms with E-state index in [1.54, 1.807) is 36.4 Å². The number of carbonyl (C=O) groups excluding carboxylic acids is 3. The molecule has 3 heterocycles. The van der Waals surface area contributed by atoms with Gasteiger partial charge in [-0.15, -0.1) is 0 Å². The maximum Gasteiger partial charge on any atom is 0.337 e. The number of likely N-dealkylation sites (tertiary alicyclic amines) is 1. The summed E-state index contributed by atoms with van der Waals surface area (Å²) in [6.07, 6.45) is 1.40. The van der Waals surface area contributed by atoms with Crippen LogP contribution in [0.3, 0.4) is 0 Å². The van der Waals surface area contributed by atoms with E-state index in [0.717, 1.165) is 23.4 Å². The number of methoxy groups -OCH3 is 1. The second-order valence-electron chi connectivity index (χ2n) is 11.9. The van der Waals surface area contributed by atoms with Gasteiger partial charge in [-0.05, 0) is 92.5 Å². The molecule has 45 heavy (non-hydrogen) atoms. The highest BCUT2D eigenvalue weighted by Gasteiger charge is 2.47. The van der Waals surface area contributed by atoms with Crippen LogP contribution in [0.4, 0.5) is 5.69 Å². The van der Waals surface area contributed by atoms with E-state index in [1.165, 1.54) is 12.7 Å². The molecule has 2 aliphatic heterocycles. The zero-order chi connectivity index (χ0) is 31.6. The maximum atomic E-state index is 13.9. The van der Waals surface area contributed by atoms with Crippen LogP contribution in [0.15, 0.2) is 89.3 Å². The quantitative estimate of drug-likeness (QED) is 0.226. The Bertz CT molecular complexity index is 1810. The van der Waals surface area contributed by atoms with Crippen molar-refractivity contribution in [3.05, 3.63) is 124 Å². The number of furan rings is 1. The van der Waals surface area contributed by atoms with Gasteiger partial charge in [-0.1, -0.05) is 42.3 Å². The van der Waals surface area contributed by atoms with Gasteiger partial charge in [-0.3, -0.25) is 9.59 Å². The molecule has 228 valence electrons. The van der Waals surface area contributed by atoms with Crippen LogP contribution < -0.4 is 4.90 Å². The second-order valence-corrected chi connectivity index (χ2v) is 11.9. The van der Waals surface area contributed by atoms with Crippen LogP contribution in [0.2, 0.25) is 0 Å². The molecular weight excluding hydrogens is 566 g/mol. The molecule has 1 saturated heterocycles. The lowest BCUT2D eigenvalue weighted by Crippen LogP contribution is -2.47. The third kappa shape index (κ3) is 6.13. The van der Waals surface area contributed by atoms with Gasteiger partial charge in [0.15, 0.2) is 11.5 Å². The molecule has 0 saturated carbocycles. The Kier molecular flexibility index (Phi) is 8.29. The topological polar surface area (TPSA) is 83.3 Å². The normalized spacial score (nSPS) is 15.0. The van der Waals surface area contributed by atoms with Gasteiger partial charge in [0.05, 0.1) is 12.7 Å². The zero-order valence-electron chi connectivity index (χ0n) is 25.7. The molecule has 8 heteroatoms. The molecule has 2 amide bonds. The molecule has 1 fully saturated rings. The Morgan fingerprint density at radius 3 is 2.36 bits per heavy atom. The molecule has 8 nitrogen and oxygen atoms in total. The van der Waals surface area contributed by atoms with Gasteiger partial charge in [-0.2, -0.15) is 0 Å². The first-order valence-corrected chi connectivity index (χ1v) is 15.0. The first-order valence-electron chi connectivity index (χ1n) is 15.0. The molecule has 1 aromatic heterocycles. The van der Waals surface area contributed by atoms with Crippen LogP contribution >= 0.6 is 0 Å². The van der Waals surface area contributed by atoms with Gasteiger partial charge in [-0.25, -0.2) is 4.79 Å². The number of fused-ring (bicyclic) bond motifs is 2. The lowest BCUT2D eigenvalue weighted by Gasteiger charge is -2.39. The van der Waals surface area contributed by atoms with Crippen molar-refractivity contribution in [1.82, 2.24) is 9.80 Å². The van der Waals surface area contributed by atoms with Gasteiger partial charge < -0.3 is 23.9 Å². The second kappa shape index (κ2) is 12.5. The molecule has 2 aliphatic rings. The first kappa shape index (κ1) is 29.9. The fourth-order valence-corrected chi connectivity index (χ4v) is 6.31. The van der Waals surface area contributed by atoms with E-state index < -0.39 is 5.97 Å². The van der Waals surface area contributed by atoms with Crippen molar-refractivity contribution >= 4 is 23.5 Å². The average Bonchev–Trinajstić information content (AvgIpc) is 3.66. The molecule has 1 spiro atoms. The van der Waals surface area contributed by atoms with Gasteiger partial charge in [0, 0.05) is 48.4 Å². The summed E-state index contributed by atoms with van der Waals surface area (Å²) >= 11 is 0. The highest BCUT2D eigenvalue weighted by molar-refractivity contribution is 6.09. The standard InChI is InChI=1S/C37H35N3O5/c1-38(2)24-27-13-16-32-31(22-27)37(25-40(32)34(41)28-10-7-11-29(23-28)36(43)44-3)18-20-39(21-19-37)35(42)33-17-15-30(45-33)14-12-26-8-5-4-6-9-26/h4-11,13,15-17,22-23H,18-21,24-25H2,1-3H3. The van der Waals surface area contributed by atoms with Crippen LogP contribution in [-0.2, 0) is 16.7 Å². The van der Waals surface area contributed by atoms with E-state index >= 15 is 0 Å². The van der Waals surface area contributed by atoms with Crippen LogP contribution in [0.5, 0.6) is 0 Å². The zero-order valence-corrected chi connectivity index (χ0v) is 25.7. The van der Waals surface area contributed by atoms with Crippen LogP contribution in [0.25, 0.3) is 0 Å². The fourth-order valence-electron chi connectivity index (χ4n) is 6.31. The molecule has 0 bridgehead atoms. The molecule has 6 rings (SSSR count). The third-order valence-electron chi connectivity index (χ3n) is 8.59. The summed E-state index contributed by atoms with van der Waals surface area (Å²) in [6, 6.07) is 26.0. The largest absolute Gasteiger partial charge is 0.465 e. The van der Waals surface area contributed by atoms with Crippen molar-refractivity contribution in [2.24, 2.45) is 0 Å². The van der Waals surface area contributed by atoms with Crippen molar-refractivity contribution in [1.29, 1.82) is 0 Å². The number of anilines is 1. The van der Waals surface area contributed by atoms with Crippen molar-refractivity contribution in [2.45, 2.75) is 24.8 Å². The highest BCUT2D eigenvalue weighted by Crippen LogP contribution is 2.48. The number of nitrogens with zero attached hydrogens (tertiary/aromatic N) is 3. The summed E-state index contributed by atoms with van der Waals surface area (Å²) in [5.41, 5.74) is 4.49. The highest BCUT2D eigenvalue weighted by atomic mass is 16.5. The van der Waals surface area contributed by atoms with Crippen molar-refractivity contribution in [3.8, 4) is 11.8 Å². The van der Waals surface area contributed by atoms with E-state index in [1.807, 2.05) is 60.3 Å². The summed E-state index contributed by atoms with van der Waals surface area (Å²) < 4.78 is 10.7. The average molecular weight is 602 g/mol. The van der Waals surface area contributed by atoms with Crippen molar-refractivity contribution in [3.63, 3.8) is 0 Å². The fraction of sp³-hybridized carbons (Fsp3) is 0.270. The third-order valence-corrected chi connectivity index (χ3v) is 8.59. The van der Waals surface area contributed by atoms with E-state index in [-0.39, 0.29) is 23.0 Å². The number of piperidine rings is 1. The Hall–Kier alpha value is -5.13. The molecule has 0 aliphatic carbocycles. The number of benzene rings is 3. The minimum absolute atomic E-state index is 0.162. The molecule has 0 N–H and O–H groups in total. The lowest BCUT2D eigenvalue weighted by molar-refractivity contribution is 0.0599. The molecule has 0 atom stereocenters. The number of hydrogen-bond donors (Lipinski definition) is 0. The Morgan fingerprint density at radius 2 is 1.62 bits per heavy atom. The van der Waals surface area contributed by atoms with E-state index in [4.69, 9.17) is 9.15 Å². The number of esters is 1. The van der Waals surface area contributed by atoms with Crippen LogP contribution in [0.1, 0.15) is 66.6 Å². The summed E-state index contributed by atoms with van der Waals surface area (Å²) in [5.74, 6) is 5.95. The predicted molar refractivity (Wildman–Crippen MR) is 171 cm³/mol. The van der Waals surface area contributed by atoms with Gasteiger partial charge >= 0.3 is 5.97 Å². The number of rotatable bonds is 5. The van der Waals surface area contributed by atoms with Gasteiger partial charge in [0.1, 0.15) is 0 Å². The molecular formula is C37H35N3O5. The maximum absolute atomic E-state index is 13.9. The smallest absolute Gasteiger partial charge is 0.337 e. The minimum Gasteiger partial charge on any atom is -0.465 e. The molecule has 0 radical (unpaired) electrons. The Balaban J connectivity index is 1.23. The summed E-state index contributed by atoms with van der Waals surface area (Å²) in [6.45, 7) is 2.33. The van der Waals surface area contributed by atoms with Crippen LogP contribution in [-0.4, -0.2) is 68.4 Å². The number of carbonyl (C=O) groups is 3. The summed E-state index contributed by atoms with van der Waals surface area (Å²) in [4.78, 5) is 45.3. The van der Waals surface area contributed by atoms with Gasteiger partial charge in [0.2, 0.25) is 0 Å². The Labute approximate surface area is 263 Å². The number of hydrogen-bond acceptors (Lipinski definition) is 6. The molecule has 4 aromatic rings. The van der Waals surface area contributed by atoms with Crippen molar-refractivity contribution in [2.75, 3.05) is 45.7 Å². The summed E-state index contributed by atoms with van der Waals surface area (Å²) in [5, 5.41) is 0. The number of amides is 2.